The average molecular weight is 258 g/mol. The van der Waals surface area contributed by atoms with Crippen molar-refractivity contribution in [3.05, 3.63) is 30.0 Å². The molecule has 1 amide bonds. The van der Waals surface area contributed by atoms with Crippen LogP contribution in [0, 0.1) is 0 Å². The quantitative estimate of drug-likeness (QED) is 0.510. The van der Waals surface area contributed by atoms with Crippen LogP contribution in [0.15, 0.2) is 29.4 Å². The molecule has 0 radical (unpaired) electrons. The molecule has 0 atom stereocenters. The number of fused-ring (bicyclic) bond motifs is 1. The molecule has 100 valence electrons. The van der Waals surface area contributed by atoms with Crippen molar-refractivity contribution in [3.63, 3.8) is 0 Å². The molecule has 0 spiro atoms. The highest BCUT2D eigenvalue weighted by molar-refractivity contribution is 6.31. The van der Waals surface area contributed by atoms with E-state index in [1.807, 2.05) is 62.4 Å². The monoisotopic (exact) mass is 258 g/mol. The first-order valence-corrected chi connectivity index (χ1v) is 6.02. The Balaban J connectivity index is 2.39. The van der Waals surface area contributed by atoms with Gasteiger partial charge < -0.3 is 15.1 Å². The molecule has 2 rings (SSSR count). The molecular weight excluding hydrogens is 240 g/mol. The molecule has 5 heteroatoms. The van der Waals surface area contributed by atoms with Gasteiger partial charge in [0, 0.05) is 45.6 Å². The molecule has 0 bridgehead atoms. The molecule has 1 N–H and O–H groups in total. The van der Waals surface area contributed by atoms with Crippen molar-refractivity contribution < 1.29 is 4.79 Å². The van der Waals surface area contributed by atoms with Crippen molar-refractivity contribution in [3.8, 4) is 0 Å². The Labute approximate surface area is 113 Å². The summed E-state index contributed by atoms with van der Waals surface area (Å²) in [7, 11) is 7.62. The van der Waals surface area contributed by atoms with E-state index in [0.717, 1.165) is 16.9 Å². The third-order valence-electron chi connectivity index (χ3n) is 2.61. The topological polar surface area (TPSA) is 47.9 Å². The van der Waals surface area contributed by atoms with Crippen molar-refractivity contribution in [1.82, 2.24) is 9.80 Å². The number of hydrogen-bond acceptors (Lipinski definition) is 3. The molecule has 1 heterocycles. The number of hydrogen-bond donors (Lipinski definition) is 1. The predicted molar refractivity (Wildman–Crippen MR) is 78.6 cm³/mol. The summed E-state index contributed by atoms with van der Waals surface area (Å²) in [6.45, 7) is 0. The first kappa shape index (κ1) is 13.1. The van der Waals surface area contributed by atoms with E-state index < -0.39 is 0 Å². The fraction of sp³-hybridized carbons (Fsp3) is 0.286. The third kappa shape index (κ3) is 2.93. The third-order valence-corrected chi connectivity index (χ3v) is 2.61. The van der Waals surface area contributed by atoms with Gasteiger partial charge in [0.05, 0.1) is 17.6 Å². The first-order chi connectivity index (χ1) is 8.97. The van der Waals surface area contributed by atoms with Crippen LogP contribution >= 0.6 is 0 Å². The second-order valence-electron chi connectivity index (χ2n) is 4.90. The van der Waals surface area contributed by atoms with E-state index in [-0.39, 0.29) is 5.91 Å². The van der Waals surface area contributed by atoms with Gasteiger partial charge in [-0.1, -0.05) is 0 Å². The fourth-order valence-electron chi connectivity index (χ4n) is 1.82. The number of nitrogens with one attached hydrogen (secondary N) is 1. The lowest BCUT2D eigenvalue weighted by Crippen LogP contribution is -2.08. The van der Waals surface area contributed by atoms with Crippen LogP contribution in [0.5, 0.6) is 0 Å². The molecule has 0 fully saturated rings. The number of aliphatic imine (C=N–C) groups is 1. The van der Waals surface area contributed by atoms with Crippen molar-refractivity contribution >= 4 is 29.2 Å². The van der Waals surface area contributed by atoms with Gasteiger partial charge in [0.15, 0.2) is 0 Å². The summed E-state index contributed by atoms with van der Waals surface area (Å²) in [6, 6.07) is 5.69. The maximum absolute atomic E-state index is 11.9. The summed E-state index contributed by atoms with van der Waals surface area (Å²) in [5, 5.41) is 2.85. The SMILES string of the molecule is CN(C)C=Nc1ccc2c(c1)C(=CN(C)C)C(=O)N2. The lowest BCUT2D eigenvalue weighted by atomic mass is 10.1. The summed E-state index contributed by atoms with van der Waals surface area (Å²) in [5.74, 6) is -0.0718. The Kier molecular flexibility index (Phi) is 3.55. The zero-order valence-electron chi connectivity index (χ0n) is 11.6. The van der Waals surface area contributed by atoms with Crippen LogP contribution in [0.3, 0.4) is 0 Å². The Morgan fingerprint density at radius 2 is 1.89 bits per heavy atom. The van der Waals surface area contributed by atoms with Crippen LogP contribution in [0.1, 0.15) is 5.56 Å². The molecule has 0 saturated heterocycles. The minimum absolute atomic E-state index is 0.0718. The molecule has 0 aromatic heterocycles. The molecule has 1 aliphatic rings. The number of carbonyl (C=O) groups is 1. The molecule has 19 heavy (non-hydrogen) atoms. The molecule has 0 unspecified atom stereocenters. The molecule has 1 aromatic carbocycles. The average Bonchev–Trinajstić information content (AvgIpc) is 2.63. The van der Waals surface area contributed by atoms with Gasteiger partial charge in [-0.05, 0) is 18.2 Å². The van der Waals surface area contributed by atoms with Gasteiger partial charge >= 0.3 is 0 Å². The van der Waals surface area contributed by atoms with Crippen LogP contribution < -0.4 is 5.32 Å². The van der Waals surface area contributed by atoms with E-state index in [0.29, 0.717) is 5.57 Å². The maximum atomic E-state index is 11.9. The number of carbonyl (C=O) groups excluding carboxylic acids is 1. The summed E-state index contributed by atoms with van der Waals surface area (Å²) in [6.07, 6.45) is 3.56. The van der Waals surface area contributed by atoms with E-state index in [1.54, 1.807) is 6.34 Å². The number of nitrogens with zero attached hydrogens (tertiary/aromatic N) is 3. The van der Waals surface area contributed by atoms with Crippen molar-refractivity contribution in [2.24, 2.45) is 4.99 Å². The van der Waals surface area contributed by atoms with Crippen molar-refractivity contribution in [2.45, 2.75) is 0 Å². The van der Waals surface area contributed by atoms with Gasteiger partial charge in [-0.2, -0.15) is 0 Å². The summed E-state index contributed by atoms with van der Waals surface area (Å²) in [5.41, 5.74) is 3.23. The second-order valence-corrected chi connectivity index (χ2v) is 4.90. The summed E-state index contributed by atoms with van der Waals surface area (Å²) < 4.78 is 0. The number of amides is 1. The highest BCUT2D eigenvalue weighted by Gasteiger charge is 2.24. The normalized spacial score (nSPS) is 15.8. The Hall–Kier alpha value is -2.30. The van der Waals surface area contributed by atoms with Gasteiger partial charge in [0.1, 0.15) is 0 Å². The molecule has 0 saturated carbocycles. The smallest absolute Gasteiger partial charge is 0.257 e. The molecule has 1 aromatic rings. The highest BCUT2D eigenvalue weighted by atomic mass is 16.2. The van der Waals surface area contributed by atoms with Gasteiger partial charge in [-0.15, -0.1) is 0 Å². The maximum Gasteiger partial charge on any atom is 0.257 e. The zero-order chi connectivity index (χ0) is 14.0. The molecule has 5 nitrogen and oxygen atoms in total. The highest BCUT2D eigenvalue weighted by Crippen LogP contribution is 2.34. The van der Waals surface area contributed by atoms with Gasteiger partial charge in [0.2, 0.25) is 0 Å². The van der Waals surface area contributed by atoms with Crippen LogP contribution in [-0.4, -0.2) is 50.2 Å². The van der Waals surface area contributed by atoms with Crippen LogP contribution in [-0.2, 0) is 4.79 Å². The fourth-order valence-corrected chi connectivity index (χ4v) is 1.82. The van der Waals surface area contributed by atoms with E-state index >= 15 is 0 Å². The van der Waals surface area contributed by atoms with Crippen LogP contribution in [0.25, 0.3) is 5.57 Å². The van der Waals surface area contributed by atoms with E-state index in [2.05, 4.69) is 10.3 Å². The minimum Gasteiger partial charge on any atom is -0.383 e. The number of anilines is 1. The van der Waals surface area contributed by atoms with Crippen LogP contribution in [0.4, 0.5) is 11.4 Å². The second kappa shape index (κ2) is 5.14. The summed E-state index contributed by atoms with van der Waals surface area (Å²) in [4.78, 5) is 20.0. The summed E-state index contributed by atoms with van der Waals surface area (Å²) >= 11 is 0. The molecule has 0 aliphatic carbocycles. The largest absolute Gasteiger partial charge is 0.383 e. The van der Waals surface area contributed by atoms with Gasteiger partial charge in [-0.3, -0.25) is 4.79 Å². The lowest BCUT2D eigenvalue weighted by Gasteiger charge is -2.07. The predicted octanol–water partition coefficient (Wildman–Crippen LogP) is 1.76. The Morgan fingerprint density at radius 1 is 1.16 bits per heavy atom. The standard InChI is InChI=1S/C14H18N4O/c1-17(2)8-12-11-7-10(15-9-18(3)4)5-6-13(11)16-14(12)19/h5-9H,1-4H3,(H,16,19). The molecule has 1 aliphatic heterocycles. The molecular formula is C14H18N4O. The van der Waals surface area contributed by atoms with E-state index in [4.69, 9.17) is 0 Å². The van der Waals surface area contributed by atoms with Crippen molar-refractivity contribution in [1.29, 1.82) is 0 Å². The first-order valence-electron chi connectivity index (χ1n) is 6.02. The van der Waals surface area contributed by atoms with E-state index in [9.17, 15) is 4.79 Å². The van der Waals surface area contributed by atoms with Crippen LogP contribution in [0.2, 0.25) is 0 Å². The van der Waals surface area contributed by atoms with E-state index in [1.165, 1.54) is 0 Å². The van der Waals surface area contributed by atoms with Gasteiger partial charge in [-0.25, -0.2) is 4.99 Å². The minimum atomic E-state index is -0.0718. The Bertz CT molecular complexity index is 559. The number of benzene rings is 1. The lowest BCUT2D eigenvalue weighted by molar-refractivity contribution is -0.110. The van der Waals surface area contributed by atoms with Gasteiger partial charge in [0.25, 0.3) is 5.91 Å². The Morgan fingerprint density at radius 3 is 2.53 bits per heavy atom. The zero-order valence-corrected chi connectivity index (χ0v) is 11.6. The van der Waals surface area contributed by atoms with Crippen molar-refractivity contribution in [2.75, 3.05) is 33.5 Å². The number of rotatable bonds is 3.